The summed E-state index contributed by atoms with van der Waals surface area (Å²) >= 11 is 0. The van der Waals surface area contributed by atoms with Gasteiger partial charge in [-0.3, -0.25) is 4.79 Å². The molecule has 0 aliphatic carbocycles. The topological polar surface area (TPSA) is 49.3 Å². The fraction of sp³-hybridized carbons (Fsp3) is 0.667. The Morgan fingerprint density at radius 3 is 2.43 bits per heavy atom. The van der Waals surface area contributed by atoms with E-state index < -0.39 is 5.67 Å². The summed E-state index contributed by atoms with van der Waals surface area (Å²) in [5.41, 5.74) is -0.233. The quantitative estimate of drug-likeness (QED) is 0.793. The highest BCUT2D eigenvalue weighted by atomic mass is 19.1. The van der Waals surface area contributed by atoms with Crippen LogP contribution in [0.4, 0.5) is 10.3 Å². The molecule has 2 aliphatic heterocycles. The highest BCUT2D eigenvalue weighted by Gasteiger charge is 2.40. The summed E-state index contributed by atoms with van der Waals surface area (Å²) in [7, 11) is 0. The van der Waals surface area contributed by atoms with Gasteiger partial charge in [-0.2, -0.15) is 0 Å². The van der Waals surface area contributed by atoms with Crippen molar-refractivity contribution in [2.24, 2.45) is 11.8 Å². The first kappa shape index (κ1) is 14.2. The average molecular weight is 292 g/mol. The maximum absolute atomic E-state index is 14.2. The van der Waals surface area contributed by atoms with E-state index in [4.69, 9.17) is 0 Å². The lowest BCUT2D eigenvalue weighted by Gasteiger charge is -2.22. The Morgan fingerprint density at radius 2 is 1.90 bits per heavy atom. The zero-order valence-corrected chi connectivity index (χ0v) is 12.7. The number of amides is 1. The van der Waals surface area contributed by atoms with E-state index in [1.165, 1.54) is 13.8 Å². The van der Waals surface area contributed by atoms with Crippen LogP contribution in [0.1, 0.15) is 25.1 Å². The highest BCUT2D eigenvalue weighted by Crippen LogP contribution is 2.33. The van der Waals surface area contributed by atoms with Crippen molar-refractivity contribution >= 4 is 12.4 Å². The Morgan fingerprint density at radius 1 is 1.29 bits per heavy atom. The van der Waals surface area contributed by atoms with E-state index in [0.717, 1.165) is 38.2 Å². The predicted octanol–water partition coefficient (Wildman–Crippen LogP) is 1.51. The number of carbonyl (C=O) groups is 1. The normalized spacial score (nSPS) is 25.3. The number of anilines is 1. The molecule has 114 valence electrons. The Balaban J connectivity index is 1.79. The number of aryl methyl sites for hydroxylation is 1. The van der Waals surface area contributed by atoms with Crippen LogP contribution in [0.5, 0.6) is 0 Å². The molecular weight excluding hydrogens is 271 g/mol. The number of halogens is 1. The fourth-order valence-corrected chi connectivity index (χ4v) is 3.47. The highest BCUT2D eigenvalue weighted by molar-refractivity contribution is 5.48. The van der Waals surface area contributed by atoms with Crippen LogP contribution in [0.2, 0.25) is 0 Å². The molecule has 6 heteroatoms. The van der Waals surface area contributed by atoms with Crippen molar-refractivity contribution in [1.29, 1.82) is 0 Å². The summed E-state index contributed by atoms with van der Waals surface area (Å²) in [6, 6.07) is 0. The molecule has 2 fully saturated rings. The Labute approximate surface area is 124 Å². The molecule has 1 amide bonds. The minimum absolute atomic E-state index is 0.457. The summed E-state index contributed by atoms with van der Waals surface area (Å²) in [5, 5.41) is 0. The monoisotopic (exact) mass is 292 g/mol. The van der Waals surface area contributed by atoms with E-state index in [1.807, 2.05) is 11.8 Å². The average Bonchev–Trinajstić information content (AvgIpc) is 2.95. The van der Waals surface area contributed by atoms with Crippen molar-refractivity contribution in [3.05, 3.63) is 17.5 Å². The number of carbonyl (C=O) groups excluding carboxylic acids is 1. The van der Waals surface area contributed by atoms with Gasteiger partial charge in [0, 0.05) is 44.2 Å². The summed E-state index contributed by atoms with van der Waals surface area (Å²) in [6.45, 7) is 8.16. The molecule has 1 aromatic rings. The van der Waals surface area contributed by atoms with Gasteiger partial charge in [0.2, 0.25) is 12.4 Å². The number of fused-ring (bicyclic) bond motifs is 1. The summed E-state index contributed by atoms with van der Waals surface area (Å²) in [5.74, 6) is 1.55. The number of rotatable bonds is 3. The number of nitrogens with zero attached hydrogens (tertiary/aromatic N) is 4. The summed E-state index contributed by atoms with van der Waals surface area (Å²) in [6.07, 6.45) is 2.62. The predicted molar refractivity (Wildman–Crippen MR) is 77.7 cm³/mol. The van der Waals surface area contributed by atoms with Crippen molar-refractivity contribution in [3.8, 4) is 0 Å². The molecular formula is C15H21FN4O. The SMILES string of the molecule is Cc1cnc(N2C[C@H]3CN(C=O)C[C@H]3C2)nc1C(C)(C)F. The van der Waals surface area contributed by atoms with Gasteiger partial charge in [0.1, 0.15) is 5.67 Å². The van der Waals surface area contributed by atoms with E-state index in [-0.39, 0.29) is 0 Å². The van der Waals surface area contributed by atoms with Crippen molar-refractivity contribution in [3.63, 3.8) is 0 Å². The molecule has 0 spiro atoms. The number of hydrogen-bond donors (Lipinski definition) is 0. The van der Waals surface area contributed by atoms with Gasteiger partial charge < -0.3 is 9.80 Å². The van der Waals surface area contributed by atoms with Crippen molar-refractivity contribution < 1.29 is 9.18 Å². The lowest BCUT2D eigenvalue weighted by atomic mass is 10.0. The van der Waals surface area contributed by atoms with E-state index in [9.17, 15) is 9.18 Å². The van der Waals surface area contributed by atoms with Gasteiger partial charge in [-0.05, 0) is 26.3 Å². The first-order valence-corrected chi connectivity index (χ1v) is 7.36. The third-order valence-corrected chi connectivity index (χ3v) is 4.47. The summed E-state index contributed by atoms with van der Waals surface area (Å²) < 4.78 is 14.2. The lowest BCUT2D eigenvalue weighted by molar-refractivity contribution is -0.117. The van der Waals surface area contributed by atoms with Crippen molar-refractivity contribution in [2.75, 3.05) is 31.1 Å². The lowest BCUT2D eigenvalue weighted by Crippen LogP contribution is -2.30. The maximum atomic E-state index is 14.2. The third kappa shape index (κ3) is 2.59. The molecule has 3 rings (SSSR count). The molecule has 0 radical (unpaired) electrons. The van der Waals surface area contributed by atoms with Crippen LogP contribution in [0.3, 0.4) is 0 Å². The zero-order valence-electron chi connectivity index (χ0n) is 12.7. The molecule has 0 bridgehead atoms. The number of alkyl halides is 1. The van der Waals surface area contributed by atoms with Gasteiger partial charge in [-0.15, -0.1) is 0 Å². The van der Waals surface area contributed by atoms with Gasteiger partial charge in [0.15, 0.2) is 0 Å². The molecule has 2 aliphatic rings. The molecule has 0 N–H and O–H groups in total. The molecule has 3 heterocycles. The third-order valence-electron chi connectivity index (χ3n) is 4.47. The van der Waals surface area contributed by atoms with Crippen LogP contribution in [0.15, 0.2) is 6.20 Å². The minimum Gasteiger partial charge on any atom is -0.345 e. The molecule has 21 heavy (non-hydrogen) atoms. The van der Waals surface area contributed by atoms with Crippen LogP contribution in [-0.4, -0.2) is 47.5 Å². The number of aromatic nitrogens is 2. The smallest absolute Gasteiger partial charge is 0.225 e. The van der Waals surface area contributed by atoms with E-state index in [2.05, 4.69) is 14.9 Å². The van der Waals surface area contributed by atoms with E-state index in [1.54, 1.807) is 6.20 Å². The first-order chi connectivity index (χ1) is 9.88. The van der Waals surface area contributed by atoms with Crippen LogP contribution >= 0.6 is 0 Å². The fourth-order valence-electron chi connectivity index (χ4n) is 3.47. The Bertz CT molecular complexity index is 543. The zero-order chi connectivity index (χ0) is 15.2. The molecule has 1 aromatic heterocycles. The largest absolute Gasteiger partial charge is 0.345 e. The first-order valence-electron chi connectivity index (χ1n) is 7.36. The van der Waals surface area contributed by atoms with E-state index in [0.29, 0.717) is 23.5 Å². The molecule has 5 nitrogen and oxygen atoms in total. The Hall–Kier alpha value is -1.72. The van der Waals surface area contributed by atoms with Gasteiger partial charge in [0.05, 0.1) is 5.69 Å². The molecule has 2 saturated heterocycles. The maximum Gasteiger partial charge on any atom is 0.225 e. The molecule has 0 aromatic carbocycles. The van der Waals surface area contributed by atoms with Crippen LogP contribution in [0, 0.1) is 18.8 Å². The van der Waals surface area contributed by atoms with E-state index >= 15 is 0 Å². The van der Waals surface area contributed by atoms with Gasteiger partial charge >= 0.3 is 0 Å². The molecule has 2 atom stereocenters. The number of likely N-dealkylation sites (tertiary alicyclic amines) is 1. The second-order valence-corrected chi connectivity index (χ2v) is 6.66. The minimum atomic E-state index is -1.47. The summed E-state index contributed by atoms with van der Waals surface area (Å²) in [4.78, 5) is 23.6. The van der Waals surface area contributed by atoms with Crippen molar-refractivity contribution in [1.82, 2.24) is 14.9 Å². The molecule has 0 saturated carbocycles. The second-order valence-electron chi connectivity index (χ2n) is 6.66. The van der Waals surface area contributed by atoms with Gasteiger partial charge in [0.25, 0.3) is 0 Å². The van der Waals surface area contributed by atoms with Gasteiger partial charge in [-0.25, -0.2) is 14.4 Å². The van der Waals surface area contributed by atoms with Crippen LogP contribution < -0.4 is 4.90 Å². The molecule has 0 unspecified atom stereocenters. The van der Waals surface area contributed by atoms with Gasteiger partial charge in [-0.1, -0.05) is 0 Å². The van der Waals surface area contributed by atoms with Crippen LogP contribution in [0.25, 0.3) is 0 Å². The second kappa shape index (κ2) is 4.93. The Kier molecular flexibility index (Phi) is 3.34. The van der Waals surface area contributed by atoms with Crippen molar-refractivity contribution in [2.45, 2.75) is 26.4 Å². The standard InChI is InChI=1S/C15H21FN4O/c1-10-4-17-14(18-13(10)15(2,3)16)20-7-11-5-19(9-21)6-12(11)8-20/h4,9,11-12H,5-8H2,1-3H3/t11-,12+. The van der Waals surface area contributed by atoms with Crippen LogP contribution in [-0.2, 0) is 10.5 Å². The number of hydrogen-bond acceptors (Lipinski definition) is 4.